The molecule has 0 bridgehead atoms. The molecule has 3 aromatic rings. The van der Waals surface area contributed by atoms with Gasteiger partial charge in [0.05, 0.1) is 6.10 Å². The molecule has 1 aromatic carbocycles. The highest BCUT2D eigenvalue weighted by atomic mass is 32.2. The van der Waals surface area contributed by atoms with E-state index in [1.807, 2.05) is 6.07 Å². The third-order valence-electron chi connectivity index (χ3n) is 4.66. The van der Waals surface area contributed by atoms with Gasteiger partial charge < -0.3 is 23.7 Å². The van der Waals surface area contributed by atoms with E-state index in [1.54, 1.807) is 24.5 Å². The third-order valence-corrected chi connectivity index (χ3v) is 5.58. The first-order chi connectivity index (χ1) is 13.5. The zero-order valence-corrected chi connectivity index (χ0v) is 16.0. The lowest BCUT2D eigenvalue weighted by Crippen LogP contribution is -2.40. The molecular weight excluding hydrogens is 386 g/mol. The number of nitrogens with zero attached hydrogens (tertiary/aromatic N) is 3. The lowest BCUT2D eigenvalue weighted by Gasteiger charge is -2.29. The summed E-state index contributed by atoms with van der Waals surface area (Å²) < 4.78 is 28.4. The van der Waals surface area contributed by atoms with Crippen molar-refractivity contribution in [1.82, 2.24) is 15.0 Å². The Kier molecular flexibility index (Phi) is 5.14. The van der Waals surface area contributed by atoms with Crippen LogP contribution in [0.5, 0.6) is 0 Å². The first-order valence-electron chi connectivity index (χ1n) is 8.79. The Morgan fingerprint density at radius 3 is 2.86 bits per heavy atom. The van der Waals surface area contributed by atoms with E-state index in [0.717, 1.165) is 5.39 Å². The van der Waals surface area contributed by atoms with Gasteiger partial charge >= 0.3 is 6.09 Å². The van der Waals surface area contributed by atoms with Crippen LogP contribution in [0.2, 0.25) is 0 Å². The second-order valence-corrected chi connectivity index (χ2v) is 7.94. The van der Waals surface area contributed by atoms with E-state index < -0.39 is 16.9 Å². The van der Waals surface area contributed by atoms with Crippen LogP contribution < -0.4 is 0 Å². The first kappa shape index (κ1) is 18.6. The van der Waals surface area contributed by atoms with E-state index in [9.17, 15) is 9.00 Å². The molecular formula is C18H19N3O6S. The average molecular weight is 405 g/mol. The number of likely N-dealkylation sites (tertiary alicyclic amines) is 1. The van der Waals surface area contributed by atoms with Crippen LogP contribution in [0.1, 0.15) is 18.7 Å². The first-order valence-corrected chi connectivity index (χ1v) is 10.3. The van der Waals surface area contributed by atoms with Gasteiger partial charge in [-0.15, -0.1) is 0 Å². The van der Waals surface area contributed by atoms with Crippen molar-refractivity contribution < 1.29 is 27.8 Å². The quantitative estimate of drug-likeness (QED) is 0.688. The maximum Gasteiger partial charge on any atom is 0.407 e. The second kappa shape index (κ2) is 7.72. The highest BCUT2D eigenvalue weighted by Crippen LogP contribution is 2.28. The largest absolute Gasteiger partial charge is 0.465 e. The molecule has 1 aliphatic rings. The van der Waals surface area contributed by atoms with Crippen molar-refractivity contribution in [2.24, 2.45) is 0 Å². The minimum absolute atomic E-state index is 0.0305. The molecule has 28 heavy (non-hydrogen) atoms. The summed E-state index contributed by atoms with van der Waals surface area (Å²) in [6.45, 7) is 1.10. The van der Waals surface area contributed by atoms with Gasteiger partial charge in [0, 0.05) is 40.4 Å². The molecule has 0 radical (unpaired) electrons. The van der Waals surface area contributed by atoms with Crippen molar-refractivity contribution in [2.45, 2.75) is 30.4 Å². The molecule has 2 aromatic heterocycles. The predicted molar refractivity (Wildman–Crippen MR) is 99.2 cm³/mol. The Hall–Kier alpha value is -2.72. The second-order valence-electron chi connectivity index (χ2n) is 6.56. The van der Waals surface area contributed by atoms with Gasteiger partial charge in [-0.3, -0.25) is 4.21 Å². The van der Waals surface area contributed by atoms with Crippen LogP contribution >= 0.6 is 0 Å². The van der Waals surface area contributed by atoms with E-state index in [-0.39, 0.29) is 18.6 Å². The number of hydrogen-bond donors (Lipinski definition) is 1. The lowest BCUT2D eigenvalue weighted by molar-refractivity contribution is -0.00294. The summed E-state index contributed by atoms with van der Waals surface area (Å²) in [4.78, 5) is 17.3. The van der Waals surface area contributed by atoms with Gasteiger partial charge in [-0.05, 0) is 37.1 Å². The standard InChI is InChI=1S/C18H19N3O6S/c1-28(24)13-2-3-14-11(8-13)9-15(26-14)17-19-16(20-27-17)10-25-12-4-6-21(7-5-12)18(22)23/h2-3,8-9,12H,4-7,10H2,1H3,(H,22,23). The van der Waals surface area contributed by atoms with Gasteiger partial charge in [0.15, 0.2) is 11.6 Å². The molecule has 0 aliphatic carbocycles. The molecule has 1 saturated heterocycles. The number of hydrogen-bond acceptors (Lipinski definition) is 7. The van der Waals surface area contributed by atoms with Crippen molar-refractivity contribution >= 4 is 27.9 Å². The van der Waals surface area contributed by atoms with Gasteiger partial charge in [0.25, 0.3) is 5.89 Å². The summed E-state index contributed by atoms with van der Waals surface area (Å²) in [5, 5.41) is 13.7. The monoisotopic (exact) mass is 405 g/mol. The minimum atomic E-state index is -1.07. The molecule has 148 valence electrons. The van der Waals surface area contributed by atoms with E-state index in [0.29, 0.717) is 48.0 Å². The third kappa shape index (κ3) is 3.92. The number of carboxylic acid groups (broad SMARTS) is 1. The molecule has 4 rings (SSSR count). The highest BCUT2D eigenvalue weighted by Gasteiger charge is 2.23. The number of furan rings is 1. The van der Waals surface area contributed by atoms with Crippen LogP contribution in [-0.2, 0) is 22.1 Å². The molecule has 10 heteroatoms. The molecule has 1 N–H and O–H groups in total. The van der Waals surface area contributed by atoms with Crippen LogP contribution in [0.15, 0.2) is 38.1 Å². The van der Waals surface area contributed by atoms with Gasteiger partial charge in [-0.2, -0.15) is 4.98 Å². The normalized spacial score (nSPS) is 16.5. The SMILES string of the molecule is CS(=O)c1ccc2oc(-c3nc(COC4CCN(C(=O)O)CC4)no3)cc2c1. The molecule has 1 unspecified atom stereocenters. The number of amides is 1. The molecule has 0 spiro atoms. The number of benzene rings is 1. The van der Waals surface area contributed by atoms with Crippen molar-refractivity contribution in [3.05, 3.63) is 30.1 Å². The molecule has 1 fully saturated rings. The number of piperidine rings is 1. The average Bonchev–Trinajstić information content (AvgIpc) is 3.32. The molecule has 3 heterocycles. The van der Waals surface area contributed by atoms with Gasteiger partial charge in [-0.25, -0.2) is 4.79 Å². The molecule has 0 saturated carbocycles. The van der Waals surface area contributed by atoms with Crippen LogP contribution in [0, 0.1) is 0 Å². The molecule has 1 aliphatic heterocycles. The molecule has 1 amide bonds. The van der Waals surface area contributed by atoms with Crippen molar-refractivity contribution in [3.8, 4) is 11.7 Å². The Morgan fingerprint density at radius 2 is 2.14 bits per heavy atom. The van der Waals surface area contributed by atoms with Gasteiger partial charge in [0.1, 0.15) is 12.2 Å². The van der Waals surface area contributed by atoms with Crippen molar-refractivity contribution in [2.75, 3.05) is 19.3 Å². The fraction of sp³-hybridized carbons (Fsp3) is 0.389. The number of aromatic nitrogens is 2. The van der Waals surface area contributed by atoms with E-state index in [2.05, 4.69) is 10.1 Å². The lowest BCUT2D eigenvalue weighted by atomic mass is 10.1. The number of rotatable bonds is 5. The van der Waals surface area contributed by atoms with Crippen LogP contribution in [0.4, 0.5) is 4.79 Å². The van der Waals surface area contributed by atoms with Crippen molar-refractivity contribution in [3.63, 3.8) is 0 Å². The predicted octanol–water partition coefficient (Wildman–Crippen LogP) is 2.88. The van der Waals surface area contributed by atoms with E-state index >= 15 is 0 Å². The topological polar surface area (TPSA) is 119 Å². The van der Waals surface area contributed by atoms with E-state index in [4.69, 9.17) is 18.8 Å². The fourth-order valence-corrected chi connectivity index (χ4v) is 3.68. The zero-order chi connectivity index (χ0) is 19.7. The van der Waals surface area contributed by atoms with Gasteiger partial charge in [0.2, 0.25) is 0 Å². The van der Waals surface area contributed by atoms with Crippen molar-refractivity contribution in [1.29, 1.82) is 0 Å². The van der Waals surface area contributed by atoms with Gasteiger partial charge in [-0.1, -0.05) is 5.16 Å². The summed E-state index contributed by atoms with van der Waals surface area (Å²) in [5.41, 5.74) is 0.644. The number of carbonyl (C=O) groups is 1. The van der Waals surface area contributed by atoms with Crippen LogP contribution in [0.3, 0.4) is 0 Å². The summed E-state index contributed by atoms with van der Waals surface area (Å²) >= 11 is 0. The maximum absolute atomic E-state index is 11.6. The summed E-state index contributed by atoms with van der Waals surface area (Å²) in [5.74, 6) is 1.07. The Labute approximate surface area is 162 Å². The summed E-state index contributed by atoms with van der Waals surface area (Å²) in [6, 6.07) is 7.10. The number of ether oxygens (including phenoxy) is 1. The van der Waals surface area contributed by atoms with Crippen LogP contribution in [0.25, 0.3) is 22.6 Å². The molecule has 1 atom stereocenters. The highest BCUT2D eigenvalue weighted by molar-refractivity contribution is 7.84. The minimum Gasteiger partial charge on any atom is -0.465 e. The smallest absolute Gasteiger partial charge is 0.407 e. The Morgan fingerprint density at radius 1 is 1.36 bits per heavy atom. The maximum atomic E-state index is 11.6. The van der Waals surface area contributed by atoms with Crippen LogP contribution in [-0.4, -0.2) is 55.9 Å². The molecule has 9 nitrogen and oxygen atoms in total. The fourth-order valence-electron chi connectivity index (χ4n) is 3.12. The summed E-state index contributed by atoms with van der Waals surface area (Å²) in [6.07, 6.45) is 1.97. The zero-order valence-electron chi connectivity index (χ0n) is 15.2. The Balaban J connectivity index is 1.40. The Bertz CT molecular complexity index is 1020. The number of fused-ring (bicyclic) bond motifs is 1. The van der Waals surface area contributed by atoms with E-state index in [1.165, 1.54) is 4.90 Å². The summed E-state index contributed by atoms with van der Waals surface area (Å²) in [7, 11) is -1.07.